The Morgan fingerprint density at radius 1 is 0.923 bits per heavy atom. The molecule has 4 aliphatic carbocycles. The lowest BCUT2D eigenvalue weighted by molar-refractivity contribution is -0.120. The fraction of sp³-hybridized carbons (Fsp3) is 0.833. The summed E-state index contributed by atoms with van der Waals surface area (Å²) in [5.74, 6) is 2.88. The highest BCUT2D eigenvalue weighted by Crippen LogP contribution is 2.66. The fourth-order valence-corrected chi connectivity index (χ4v) is 6.82. The third-order valence-corrected chi connectivity index (χ3v) is 8.20. The predicted octanol–water partition coefficient (Wildman–Crippen LogP) is 6.39. The van der Waals surface area contributed by atoms with Crippen LogP contribution >= 0.6 is 0 Å². The number of allylic oxidation sites excluding steroid dienone is 1. The second-order valence-electron chi connectivity index (χ2n) is 8.83. The molecular formula is C24H40O2. The molecule has 5 unspecified atom stereocenters. The Bertz CT molecular complexity index is 548. The molecule has 0 aromatic carbocycles. The van der Waals surface area contributed by atoms with Crippen molar-refractivity contribution in [3.05, 3.63) is 11.6 Å². The normalized spacial score (nSPS) is 43.3. The Morgan fingerprint density at radius 2 is 1.62 bits per heavy atom. The van der Waals surface area contributed by atoms with Crippen LogP contribution in [0.25, 0.3) is 0 Å². The van der Waals surface area contributed by atoms with Crippen LogP contribution in [0.5, 0.6) is 0 Å². The van der Waals surface area contributed by atoms with Gasteiger partial charge in [-0.2, -0.15) is 0 Å². The minimum atomic E-state index is 0.255. The molecule has 0 heterocycles. The lowest BCUT2D eigenvalue weighted by Gasteiger charge is -2.57. The quantitative estimate of drug-likeness (QED) is 0.508. The second kappa shape index (κ2) is 8.40. The summed E-state index contributed by atoms with van der Waals surface area (Å²) < 4.78 is 0. The van der Waals surface area contributed by atoms with Crippen molar-refractivity contribution in [1.82, 2.24) is 0 Å². The van der Waals surface area contributed by atoms with E-state index in [2.05, 4.69) is 13.8 Å². The van der Waals surface area contributed by atoms with Gasteiger partial charge in [0.2, 0.25) is 0 Å². The van der Waals surface area contributed by atoms with E-state index in [4.69, 9.17) is 0 Å². The van der Waals surface area contributed by atoms with E-state index in [1.165, 1.54) is 37.5 Å². The smallest absolute Gasteiger partial charge is 0.155 e. The summed E-state index contributed by atoms with van der Waals surface area (Å²) in [7, 11) is 0. The van der Waals surface area contributed by atoms with Crippen molar-refractivity contribution in [2.24, 2.45) is 34.5 Å². The van der Waals surface area contributed by atoms with Gasteiger partial charge in [0.05, 0.1) is 0 Å². The molecular weight excluding hydrogens is 320 g/mol. The first-order valence-electron chi connectivity index (χ1n) is 11.2. The number of fused-ring (bicyclic) bond motifs is 5. The first kappa shape index (κ1) is 21.4. The lowest BCUT2D eigenvalue weighted by Crippen LogP contribution is -2.50. The number of carbonyl (C=O) groups is 2. The maximum atomic E-state index is 11.8. The third kappa shape index (κ3) is 3.22. The molecule has 0 radical (unpaired) electrons. The Hall–Kier alpha value is -0.920. The molecule has 0 bridgehead atoms. The van der Waals surface area contributed by atoms with E-state index in [9.17, 15) is 9.59 Å². The molecule has 0 spiro atoms. The fourth-order valence-electron chi connectivity index (χ4n) is 6.82. The van der Waals surface area contributed by atoms with Crippen molar-refractivity contribution in [3.8, 4) is 0 Å². The van der Waals surface area contributed by atoms with E-state index in [0.29, 0.717) is 5.78 Å². The maximum Gasteiger partial charge on any atom is 0.155 e. The molecule has 148 valence electrons. The van der Waals surface area contributed by atoms with E-state index < -0.39 is 0 Å². The third-order valence-electron chi connectivity index (χ3n) is 8.20. The molecule has 3 saturated carbocycles. The number of aldehydes is 1. The molecule has 0 amide bonds. The van der Waals surface area contributed by atoms with E-state index in [1.807, 2.05) is 33.8 Å². The first-order chi connectivity index (χ1) is 12.5. The van der Waals surface area contributed by atoms with Crippen molar-refractivity contribution in [2.45, 2.75) is 92.9 Å². The van der Waals surface area contributed by atoms with Crippen molar-refractivity contribution in [2.75, 3.05) is 0 Å². The van der Waals surface area contributed by atoms with Crippen molar-refractivity contribution >= 4 is 12.1 Å². The van der Waals surface area contributed by atoms with Crippen LogP contribution in [0.15, 0.2) is 11.6 Å². The van der Waals surface area contributed by atoms with E-state index in [1.54, 1.807) is 0 Å². The molecule has 26 heavy (non-hydrogen) atoms. The van der Waals surface area contributed by atoms with Gasteiger partial charge in [-0.25, -0.2) is 0 Å². The highest BCUT2D eigenvalue weighted by Gasteiger charge is 2.58. The monoisotopic (exact) mass is 360 g/mol. The molecule has 4 rings (SSSR count). The molecule has 0 N–H and O–H groups in total. The SMILES string of the molecule is CC.CC.CC12CCC3C(CCC4=CC(=O)CC[C@@]43C)C1CCC2C=O. The van der Waals surface area contributed by atoms with Crippen LogP contribution in [0.2, 0.25) is 0 Å². The summed E-state index contributed by atoms with van der Waals surface area (Å²) in [4.78, 5) is 23.3. The van der Waals surface area contributed by atoms with Gasteiger partial charge in [0.25, 0.3) is 0 Å². The molecule has 0 aromatic rings. The topological polar surface area (TPSA) is 34.1 Å². The predicted molar refractivity (Wildman–Crippen MR) is 109 cm³/mol. The number of hydrogen-bond acceptors (Lipinski definition) is 2. The van der Waals surface area contributed by atoms with Crippen LogP contribution in [0, 0.1) is 34.5 Å². The molecule has 2 heteroatoms. The molecule has 2 nitrogen and oxygen atoms in total. The summed E-state index contributed by atoms with van der Waals surface area (Å²) in [6.45, 7) is 12.8. The van der Waals surface area contributed by atoms with Crippen LogP contribution in [0.4, 0.5) is 0 Å². The minimum absolute atomic E-state index is 0.255. The zero-order chi connectivity index (χ0) is 19.5. The summed E-state index contributed by atoms with van der Waals surface area (Å²) in [6, 6.07) is 0. The van der Waals surface area contributed by atoms with Crippen molar-refractivity contribution in [3.63, 3.8) is 0 Å². The number of rotatable bonds is 1. The average Bonchev–Trinajstić information content (AvgIpc) is 3.02. The Balaban J connectivity index is 0.000000570. The average molecular weight is 361 g/mol. The zero-order valence-corrected chi connectivity index (χ0v) is 17.9. The van der Waals surface area contributed by atoms with Gasteiger partial charge in [0.15, 0.2) is 5.78 Å². The number of hydrogen-bond donors (Lipinski definition) is 0. The molecule has 6 atom stereocenters. The van der Waals surface area contributed by atoms with Gasteiger partial charge in [-0.05, 0) is 79.6 Å². The van der Waals surface area contributed by atoms with E-state index in [0.717, 1.165) is 43.4 Å². The largest absolute Gasteiger partial charge is 0.303 e. The molecule has 0 saturated heterocycles. The summed E-state index contributed by atoms with van der Waals surface area (Å²) in [5.41, 5.74) is 1.96. The number of ketones is 1. The highest BCUT2D eigenvalue weighted by atomic mass is 16.1. The Labute approximate surface area is 161 Å². The van der Waals surface area contributed by atoms with Crippen molar-refractivity contribution in [1.29, 1.82) is 0 Å². The second-order valence-corrected chi connectivity index (χ2v) is 8.83. The van der Waals surface area contributed by atoms with Crippen LogP contribution < -0.4 is 0 Å². The maximum absolute atomic E-state index is 11.8. The number of carbonyl (C=O) groups excluding carboxylic acids is 2. The van der Waals surface area contributed by atoms with Crippen molar-refractivity contribution < 1.29 is 9.59 Å². The molecule has 3 fully saturated rings. The Kier molecular flexibility index (Phi) is 6.91. The van der Waals surface area contributed by atoms with Gasteiger partial charge in [0, 0.05) is 12.3 Å². The van der Waals surface area contributed by atoms with Gasteiger partial charge >= 0.3 is 0 Å². The van der Waals surface area contributed by atoms with Gasteiger partial charge in [-0.1, -0.05) is 47.1 Å². The minimum Gasteiger partial charge on any atom is -0.303 e. The van der Waals surface area contributed by atoms with Crippen LogP contribution in [0.3, 0.4) is 0 Å². The molecule has 4 aliphatic rings. The highest BCUT2D eigenvalue weighted by molar-refractivity contribution is 5.91. The van der Waals surface area contributed by atoms with Crippen LogP contribution in [-0.2, 0) is 9.59 Å². The van der Waals surface area contributed by atoms with Gasteiger partial charge in [-0.15, -0.1) is 0 Å². The van der Waals surface area contributed by atoms with Crippen LogP contribution in [0.1, 0.15) is 92.9 Å². The lowest BCUT2D eigenvalue weighted by atomic mass is 9.47. The summed E-state index contributed by atoms with van der Waals surface area (Å²) >= 11 is 0. The van der Waals surface area contributed by atoms with Gasteiger partial charge in [-0.3, -0.25) is 4.79 Å². The zero-order valence-electron chi connectivity index (χ0n) is 17.9. The summed E-state index contributed by atoms with van der Waals surface area (Å²) in [6.07, 6.45) is 12.2. The molecule has 0 aromatic heterocycles. The van der Waals surface area contributed by atoms with E-state index >= 15 is 0 Å². The first-order valence-corrected chi connectivity index (χ1v) is 11.2. The summed E-state index contributed by atoms with van der Waals surface area (Å²) in [5, 5.41) is 0. The Morgan fingerprint density at radius 3 is 2.27 bits per heavy atom. The van der Waals surface area contributed by atoms with Gasteiger partial charge < -0.3 is 4.79 Å². The van der Waals surface area contributed by atoms with Crippen LogP contribution in [-0.4, -0.2) is 12.1 Å². The van der Waals surface area contributed by atoms with E-state index in [-0.39, 0.29) is 16.7 Å². The standard InChI is InChI=1S/C20H28O2.2C2H6/c1-19-9-7-15(22)11-13(19)3-5-16-17-6-4-14(12-21)20(17,2)10-8-18(16)19;2*1-2/h11-12,14,16-18H,3-10H2,1-2H3;2*1-2H3/t14?,16?,17?,18?,19-,20?;;/m0../s1. The molecule has 0 aliphatic heterocycles. The van der Waals surface area contributed by atoms with Gasteiger partial charge in [0.1, 0.15) is 6.29 Å².